The fourth-order valence-corrected chi connectivity index (χ4v) is 8.00. The van der Waals surface area contributed by atoms with Crippen LogP contribution < -0.4 is 0 Å². The zero-order chi connectivity index (χ0) is 37.8. The van der Waals surface area contributed by atoms with Crippen molar-refractivity contribution in [1.29, 1.82) is 0 Å². The molecule has 50 heavy (non-hydrogen) atoms. The first-order valence-corrected chi connectivity index (χ1v) is 22.9. The summed E-state index contributed by atoms with van der Waals surface area (Å²) in [5.41, 5.74) is 1.91. The highest BCUT2D eigenvalue weighted by atomic mass is 32.2. The van der Waals surface area contributed by atoms with Crippen molar-refractivity contribution in [1.82, 2.24) is 0 Å². The molecule has 1 fully saturated rings. The SMILES string of the molecule is CCCCCC[C@@H]1C(=O)OC1C[C@H](O)COS(=O)(=O)c1ccc(C)cc1.Cc1ccc(S(=O)(=O)OC[C@H](CC=O)O[Si](C)(C)C(C)(C)C)cc1. The van der Waals surface area contributed by atoms with Gasteiger partial charge < -0.3 is 19.1 Å². The molecule has 0 aliphatic carbocycles. The molecule has 4 atom stereocenters. The van der Waals surface area contributed by atoms with Crippen molar-refractivity contribution in [3.63, 3.8) is 0 Å². The maximum atomic E-state index is 12.3. The molecule has 2 aromatic rings. The number of benzene rings is 2. The molecular weight excluding hydrogens is 701 g/mol. The average Bonchev–Trinajstić information content (AvgIpc) is 3.02. The molecule has 1 N–H and O–H groups in total. The second kappa shape index (κ2) is 19.4. The summed E-state index contributed by atoms with van der Waals surface area (Å²) in [7, 11) is -9.89. The van der Waals surface area contributed by atoms with Gasteiger partial charge in [-0.2, -0.15) is 16.8 Å². The Bertz CT molecular complexity index is 1570. The van der Waals surface area contributed by atoms with Gasteiger partial charge in [-0.25, -0.2) is 0 Å². The van der Waals surface area contributed by atoms with E-state index in [0.29, 0.717) is 0 Å². The van der Waals surface area contributed by atoms with Crippen molar-refractivity contribution in [2.24, 2.45) is 5.92 Å². The van der Waals surface area contributed by atoms with E-state index in [2.05, 4.69) is 40.8 Å². The van der Waals surface area contributed by atoms with Gasteiger partial charge in [-0.3, -0.25) is 13.2 Å². The van der Waals surface area contributed by atoms with E-state index in [1.807, 2.05) is 13.8 Å². The number of hydrogen-bond acceptors (Lipinski definition) is 11. The Balaban J connectivity index is 0.000000348. The van der Waals surface area contributed by atoms with Crippen LogP contribution in [0.5, 0.6) is 0 Å². The van der Waals surface area contributed by atoms with Crippen molar-refractivity contribution in [2.45, 2.75) is 133 Å². The van der Waals surface area contributed by atoms with E-state index in [1.165, 1.54) is 24.3 Å². The number of unbranched alkanes of at least 4 members (excludes halogenated alkanes) is 3. The zero-order valence-corrected chi connectivity index (χ0v) is 33.3. The lowest BCUT2D eigenvalue weighted by Crippen LogP contribution is -2.47. The number of aliphatic hydroxyl groups excluding tert-OH is 1. The smallest absolute Gasteiger partial charge is 0.313 e. The van der Waals surface area contributed by atoms with Gasteiger partial charge in [0.25, 0.3) is 20.2 Å². The van der Waals surface area contributed by atoms with Crippen molar-refractivity contribution < 1.29 is 49.1 Å². The summed E-state index contributed by atoms with van der Waals surface area (Å²) >= 11 is 0. The van der Waals surface area contributed by atoms with Gasteiger partial charge in [0.2, 0.25) is 0 Å². The summed E-state index contributed by atoms with van der Waals surface area (Å²) in [6, 6.07) is 12.8. The highest BCUT2D eigenvalue weighted by Gasteiger charge is 2.43. The standard InChI is InChI=1S/C19H28O6S.C17H28O5SSi/c1-3-4-5-6-7-17-18(25-19(17)21)12-15(20)13-24-26(22,23)16-10-8-14(2)9-11-16;1-14-7-9-16(10-8-14)23(19,20)21-13-15(11-12-18)22-24(5,6)17(2,3)4/h8-11,15,17-18,20H,3-7,12-13H2,1-2H3;7-10,12,15H,11,13H2,1-6H3/t15-,17-,18?;15-/m00/s1. The Morgan fingerprint density at radius 1 is 0.860 bits per heavy atom. The summed E-state index contributed by atoms with van der Waals surface area (Å²) in [6.45, 7) is 15.7. The lowest BCUT2D eigenvalue weighted by molar-refractivity contribution is -0.189. The van der Waals surface area contributed by atoms with Crippen LogP contribution in [0.1, 0.15) is 83.8 Å². The number of aldehydes is 1. The Hall–Kier alpha value is -2.46. The largest absolute Gasteiger partial charge is 0.461 e. The molecule has 1 aliphatic heterocycles. The third-order valence-electron chi connectivity index (χ3n) is 8.96. The summed E-state index contributed by atoms with van der Waals surface area (Å²) in [5.74, 6) is -0.429. The van der Waals surface area contributed by atoms with E-state index in [1.54, 1.807) is 24.3 Å². The van der Waals surface area contributed by atoms with Gasteiger partial charge in [0.1, 0.15) is 12.4 Å². The van der Waals surface area contributed by atoms with Gasteiger partial charge in [-0.15, -0.1) is 0 Å². The number of cyclic esters (lactones) is 1. The van der Waals surface area contributed by atoms with E-state index in [0.717, 1.165) is 49.5 Å². The first-order chi connectivity index (χ1) is 23.2. The van der Waals surface area contributed by atoms with E-state index in [-0.39, 0.29) is 58.9 Å². The van der Waals surface area contributed by atoms with E-state index in [9.17, 15) is 31.5 Å². The van der Waals surface area contributed by atoms with Crippen LogP contribution >= 0.6 is 0 Å². The van der Waals surface area contributed by atoms with Gasteiger partial charge in [0.15, 0.2) is 8.32 Å². The topological polar surface area (TPSA) is 160 Å². The number of esters is 1. The van der Waals surface area contributed by atoms with Crippen LogP contribution in [0.4, 0.5) is 0 Å². The number of aryl methyl sites for hydroxylation is 2. The molecule has 1 saturated heterocycles. The third-order valence-corrected chi connectivity index (χ3v) is 16.1. The number of carbonyl (C=O) groups excluding carboxylic acids is 2. The molecule has 1 heterocycles. The van der Waals surface area contributed by atoms with Crippen LogP contribution in [0, 0.1) is 19.8 Å². The first-order valence-electron chi connectivity index (χ1n) is 17.1. The Kier molecular flexibility index (Phi) is 17.0. The predicted octanol–water partition coefficient (Wildman–Crippen LogP) is 6.64. The molecule has 0 saturated carbocycles. The Morgan fingerprint density at radius 2 is 1.36 bits per heavy atom. The second-order valence-electron chi connectivity index (χ2n) is 14.3. The highest BCUT2D eigenvalue weighted by molar-refractivity contribution is 7.87. The minimum atomic E-state index is -3.91. The van der Waals surface area contributed by atoms with Gasteiger partial charge in [0, 0.05) is 12.8 Å². The molecule has 282 valence electrons. The molecule has 3 rings (SSSR count). The van der Waals surface area contributed by atoms with Crippen LogP contribution in [-0.4, -0.2) is 74.0 Å². The summed E-state index contributed by atoms with van der Waals surface area (Å²) in [6.07, 6.45) is 4.15. The fourth-order valence-electron chi connectivity index (χ4n) is 4.77. The number of ether oxygens (including phenoxy) is 1. The maximum absolute atomic E-state index is 12.3. The molecule has 1 aliphatic rings. The van der Waals surface area contributed by atoms with Crippen molar-refractivity contribution in [2.75, 3.05) is 13.2 Å². The van der Waals surface area contributed by atoms with Crippen molar-refractivity contribution in [3.8, 4) is 0 Å². The van der Waals surface area contributed by atoms with E-state index < -0.39 is 40.8 Å². The van der Waals surface area contributed by atoms with Crippen molar-refractivity contribution in [3.05, 3.63) is 59.7 Å². The van der Waals surface area contributed by atoms with Gasteiger partial charge >= 0.3 is 5.97 Å². The molecule has 0 spiro atoms. The molecule has 14 heteroatoms. The minimum absolute atomic E-state index is 0.0377. The zero-order valence-electron chi connectivity index (χ0n) is 30.7. The van der Waals surface area contributed by atoms with Crippen LogP contribution in [0.2, 0.25) is 18.1 Å². The first kappa shape index (κ1) is 43.7. The molecule has 0 bridgehead atoms. The Labute approximate surface area is 300 Å². The summed E-state index contributed by atoms with van der Waals surface area (Å²) in [5, 5.41) is 10.0. The molecule has 1 unspecified atom stereocenters. The second-order valence-corrected chi connectivity index (χ2v) is 22.3. The van der Waals surface area contributed by atoms with Crippen LogP contribution in [-0.2, 0) is 47.4 Å². The fraction of sp³-hybridized carbons (Fsp3) is 0.611. The van der Waals surface area contributed by atoms with Crippen LogP contribution in [0.25, 0.3) is 0 Å². The normalized spacial score (nSPS) is 17.9. The van der Waals surface area contributed by atoms with E-state index >= 15 is 0 Å². The molecule has 0 aromatic heterocycles. The predicted molar refractivity (Wildman–Crippen MR) is 194 cm³/mol. The van der Waals surface area contributed by atoms with E-state index in [4.69, 9.17) is 17.5 Å². The Morgan fingerprint density at radius 3 is 1.80 bits per heavy atom. The maximum Gasteiger partial charge on any atom is 0.313 e. The quantitative estimate of drug-likeness (QED) is 0.0538. The minimum Gasteiger partial charge on any atom is -0.461 e. The summed E-state index contributed by atoms with van der Waals surface area (Å²) < 4.78 is 70.1. The number of hydrogen-bond donors (Lipinski definition) is 1. The van der Waals surface area contributed by atoms with Crippen LogP contribution in [0.3, 0.4) is 0 Å². The lowest BCUT2D eigenvalue weighted by atomic mass is 9.87. The lowest BCUT2D eigenvalue weighted by Gasteiger charge is -2.38. The number of rotatable bonds is 19. The number of carbonyl (C=O) groups is 2. The highest BCUT2D eigenvalue weighted by Crippen LogP contribution is 2.37. The van der Waals surface area contributed by atoms with Gasteiger partial charge in [0.05, 0.1) is 41.1 Å². The average molecular weight is 757 g/mol. The molecule has 0 amide bonds. The summed E-state index contributed by atoms with van der Waals surface area (Å²) in [4.78, 5) is 22.7. The number of aliphatic hydroxyl groups is 1. The van der Waals surface area contributed by atoms with Gasteiger partial charge in [-0.05, 0) is 62.7 Å². The molecule has 2 aromatic carbocycles. The molecule has 11 nitrogen and oxygen atoms in total. The molecular formula is C36H56O11S2Si. The van der Waals surface area contributed by atoms with Crippen LogP contribution in [0.15, 0.2) is 58.3 Å². The van der Waals surface area contributed by atoms with Crippen molar-refractivity contribution >= 4 is 40.8 Å². The third kappa shape index (κ3) is 13.9. The molecule has 0 radical (unpaired) electrons. The monoisotopic (exact) mass is 756 g/mol. The van der Waals surface area contributed by atoms with Gasteiger partial charge in [-0.1, -0.05) is 88.8 Å².